The van der Waals surface area contributed by atoms with E-state index in [9.17, 15) is 10.0 Å². The van der Waals surface area contributed by atoms with Crippen molar-refractivity contribution in [2.45, 2.75) is 17.3 Å². The van der Waals surface area contributed by atoms with Gasteiger partial charge in [-0.3, -0.25) is 4.79 Å². The second-order valence-electron chi connectivity index (χ2n) is 4.99. The van der Waals surface area contributed by atoms with Crippen molar-refractivity contribution >= 4 is 29.1 Å². The SMILES string of the molecule is O=C(Cn1cc(CSc2cccc[n+]2[O-])nn1)c1ccc(Cl)cc1. The fraction of sp³-hybridized carbons (Fsp3) is 0.125. The van der Waals surface area contributed by atoms with Crippen LogP contribution >= 0.6 is 23.4 Å². The second kappa shape index (κ2) is 7.46. The number of benzene rings is 1. The van der Waals surface area contributed by atoms with E-state index in [4.69, 9.17) is 11.6 Å². The minimum Gasteiger partial charge on any atom is -0.618 e. The molecule has 0 fully saturated rings. The van der Waals surface area contributed by atoms with E-state index in [-0.39, 0.29) is 12.3 Å². The van der Waals surface area contributed by atoms with Crippen molar-refractivity contribution in [3.05, 3.63) is 76.3 Å². The number of aromatic nitrogens is 4. The molecule has 0 atom stereocenters. The van der Waals surface area contributed by atoms with Gasteiger partial charge in [0.25, 0.3) is 5.03 Å². The first-order valence-corrected chi connectivity index (χ1v) is 8.47. The Morgan fingerprint density at radius 1 is 1.25 bits per heavy atom. The fourth-order valence-corrected chi connectivity index (χ4v) is 2.95. The largest absolute Gasteiger partial charge is 0.618 e. The lowest BCUT2D eigenvalue weighted by molar-refractivity contribution is -0.645. The predicted octanol–water partition coefficient (Wildman–Crippen LogP) is 2.74. The van der Waals surface area contributed by atoms with Gasteiger partial charge < -0.3 is 5.21 Å². The molecule has 0 unspecified atom stereocenters. The van der Waals surface area contributed by atoms with Gasteiger partial charge >= 0.3 is 0 Å². The summed E-state index contributed by atoms with van der Waals surface area (Å²) in [4.78, 5) is 12.2. The molecule has 0 spiro atoms. The van der Waals surface area contributed by atoms with E-state index in [0.29, 0.717) is 27.1 Å². The van der Waals surface area contributed by atoms with Gasteiger partial charge in [-0.05, 0) is 42.1 Å². The van der Waals surface area contributed by atoms with E-state index in [2.05, 4.69) is 10.3 Å². The Hall–Kier alpha value is -2.38. The molecule has 0 bridgehead atoms. The summed E-state index contributed by atoms with van der Waals surface area (Å²) in [7, 11) is 0. The van der Waals surface area contributed by atoms with Gasteiger partial charge in [-0.15, -0.1) is 5.10 Å². The van der Waals surface area contributed by atoms with Crippen molar-refractivity contribution < 1.29 is 9.52 Å². The number of ketones is 1. The molecule has 0 aliphatic rings. The summed E-state index contributed by atoms with van der Waals surface area (Å²) in [5.74, 6) is 0.428. The van der Waals surface area contributed by atoms with E-state index in [1.165, 1.54) is 22.6 Å². The Balaban J connectivity index is 1.60. The number of Topliss-reactive ketones (excluding diaryl/α,β-unsaturated/α-hetero) is 1. The van der Waals surface area contributed by atoms with Crippen molar-refractivity contribution in [1.29, 1.82) is 0 Å². The van der Waals surface area contributed by atoms with Crippen LogP contribution in [0.3, 0.4) is 0 Å². The maximum atomic E-state index is 12.2. The molecule has 122 valence electrons. The zero-order chi connectivity index (χ0) is 16.9. The first-order chi connectivity index (χ1) is 11.6. The topological polar surface area (TPSA) is 74.7 Å². The number of hydrogen-bond acceptors (Lipinski definition) is 5. The summed E-state index contributed by atoms with van der Waals surface area (Å²) in [6.07, 6.45) is 3.16. The van der Waals surface area contributed by atoms with Gasteiger partial charge in [-0.2, -0.15) is 4.73 Å². The van der Waals surface area contributed by atoms with Crippen LogP contribution in [-0.2, 0) is 12.3 Å². The van der Waals surface area contributed by atoms with Crippen LogP contribution in [0.5, 0.6) is 0 Å². The summed E-state index contributed by atoms with van der Waals surface area (Å²) in [5.41, 5.74) is 1.27. The van der Waals surface area contributed by atoms with Crippen LogP contribution in [0.1, 0.15) is 16.1 Å². The zero-order valence-corrected chi connectivity index (χ0v) is 14.1. The molecule has 8 heteroatoms. The fourth-order valence-electron chi connectivity index (χ4n) is 2.03. The van der Waals surface area contributed by atoms with Crippen molar-refractivity contribution in [3.63, 3.8) is 0 Å². The van der Waals surface area contributed by atoms with Crippen molar-refractivity contribution in [2.24, 2.45) is 0 Å². The lowest BCUT2D eigenvalue weighted by atomic mass is 10.1. The summed E-state index contributed by atoms with van der Waals surface area (Å²) in [5, 5.41) is 20.7. The van der Waals surface area contributed by atoms with Crippen LogP contribution in [0, 0.1) is 5.21 Å². The molecule has 0 saturated carbocycles. The highest BCUT2D eigenvalue weighted by molar-refractivity contribution is 7.98. The maximum absolute atomic E-state index is 12.2. The number of halogens is 1. The number of pyridine rings is 1. The van der Waals surface area contributed by atoms with Gasteiger partial charge in [-0.25, -0.2) is 4.68 Å². The molecule has 0 radical (unpaired) electrons. The standard InChI is InChI=1S/C16H13ClN4O2S/c17-13-6-4-12(5-7-13)15(22)10-20-9-14(18-19-20)11-24-16-3-1-2-8-21(16)23/h1-9H,10-11H2. The van der Waals surface area contributed by atoms with Crippen LogP contribution in [0.4, 0.5) is 0 Å². The highest BCUT2D eigenvalue weighted by Crippen LogP contribution is 2.17. The van der Waals surface area contributed by atoms with Gasteiger partial charge in [0.1, 0.15) is 6.54 Å². The monoisotopic (exact) mass is 360 g/mol. The molecular formula is C16H13ClN4O2S. The van der Waals surface area contributed by atoms with Crippen molar-refractivity contribution in [2.75, 3.05) is 0 Å². The Morgan fingerprint density at radius 2 is 2.04 bits per heavy atom. The number of hydrogen-bond donors (Lipinski definition) is 0. The molecule has 6 nitrogen and oxygen atoms in total. The van der Waals surface area contributed by atoms with Gasteiger partial charge in [0.05, 0.1) is 5.69 Å². The number of thioether (sulfide) groups is 1. The second-order valence-corrected chi connectivity index (χ2v) is 6.42. The normalized spacial score (nSPS) is 10.7. The van der Waals surface area contributed by atoms with E-state index >= 15 is 0 Å². The molecular weight excluding hydrogens is 348 g/mol. The third-order valence-electron chi connectivity index (χ3n) is 3.21. The minimum absolute atomic E-state index is 0.0729. The van der Waals surface area contributed by atoms with Gasteiger partial charge in [0, 0.05) is 34.7 Å². The van der Waals surface area contributed by atoms with Crippen molar-refractivity contribution in [1.82, 2.24) is 15.0 Å². The highest BCUT2D eigenvalue weighted by Gasteiger charge is 2.11. The van der Waals surface area contributed by atoms with Crippen LogP contribution in [0.2, 0.25) is 5.02 Å². The Kier molecular flexibility index (Phi) is 5.12. The molecule has 24 heavy (non-hydrogen) atoms. The molecule has 2 heterocycles. The first-order valence-electron chi connectivity index (χ1n) is 7.10. The average molecular weight is 361 g/mol. The molecule has 0 saturated heterocycles. The third kappa shape index (κ3) is 4.12. The van der Waals surface area contributed by atoms with Crippen LogP contribution in [-0.4, -0.2) is 20.8 Å². The Labute approximate surface area is 147 Å². The van der Waals surface area contributed by atoms with Gasteiger partial charge in [0.15, 0.2) is 12.0 Å². The molecule has 3 aromatic rings. The molecule has 0 N–H and O–H groups in total. The molecule has 0 aliphatic heterocycles. The van der Waals surface area contributed by atoms with Gasteiger partial charge in [0.2, 0.25) is 0 Å². The molecule has 0 aliphatic carbocycles. The van der Waals surface area contributed by atoms with Crippen LogP contribution in [0.25, 0.3) is 0 Å². The lowest BCUT2D eigenvalue weighted by Crippen LogP contribution is -2.27. The smallest absolute Gasteiger partial charge is 0.251 e. The van der Waals surface area contributed by atoms with E-state index < -0.39 is 0 Å². The van der Waals surface area contributed by atoms with E-state index in [1.807, 2.05) is 0 Å². The maximum Gasteiger partial charge on any atom is 0.251 e. The summed E-state index contributed by atoms with van der Waals surface area (Å²) in [6.45, 7) is 0.103. The van der Waals surface area contributed by atoms with Crippen LogP contribution < -0.4 is 4.73 Å². The quantitative estimate of drug-likeness (QED) is 0.292. The number of carbonyl (C=O) groups is 1. The molecule has 0 amide bonds. The highest BCUT2D eigenvalue weighted by atomic mass is 35.5. The lowest BCUT2D eigenvalue weighted by Gasteiger charge is -2.01. The average Bonchev–Trinajstić information content (AvgIpc) is 3.02. The number of rotatable bonds is 6. The molecule has 1 aromatic carbocycles. The summed E-state index contributed by atoms with van der Waals surface area (Å²) < 4.78 is 2.29. The third-order valence-corrected chi connectivity index (χ3v) is 4.52. The molecule has 3 rings (SSSR count). The predicted molar refractivity (Wildman–Crippen MR) is 90.8 cm³/mol. The summed E-state index contributed by atoms with van der Waals surface area (Å²) in [6, 6.07) is 11.9. The van der Waals surface area contributed by atoms with E-state index in [1.54, 1.807) is 48.7 Å². The van der Waals surface area contributed by atoms with E-state index in [0.717, 1.165) is 4.73 Å². The van der Waals surface area contributed by atoms with Gasteiger partial charge in [-0.1, -0.05) is 16.8 Å². The Morgan fingerprint density at radius 3 is 2.79 bits per heavy atom. The first kappa shape index (κ1) is 16.5. The van der Waals surface area contributed by atoms with Crippen molar-refractivity contribution in [3.8, 4) is 0 Å². The number of carbonyl (C=O) groups excluding carboxylic acids is 1. The summed E-state index contributed by atoms with van der Waals surface area (Å²) >= 11 is 7.18. The Bertz CT molecular complexity index is 851. The minimum atomic E-state index is -0.0729. The number of nitrogens with zero attached hydrogens (tertiary/aromatic N) is 4. The zero-order valence-electron chi connectivity index (χ0n) is 12.5. The molecule has 2 aromatic heterocycles. The van der Waals surface area contributed by atoms with Crippen LogP contribution in [0.15, 0.2) is 59.9 Å².